The van der Waals surface area contributed by atoms with Crippen molar-refractivity contribution in [3.05, 3.63) is 29.8 Å². The van der Waals surface area contributed by atoms with Gasteiger partial charge in [-0.15, -0.1) is 0 Å². The highest BCUT2D eigenvalue weighted by Crippen LogP contribution is 2.67. The number of rotatable bonds is 5. The summed E-state index contributed by atoms with van der Waals surface area (Å²) in [5, 5.41) is 39.1. The van der Waals surface area contributed by atoms with Gasteiger partial charge in [0, 0.05) is 12.5 Å². The Hall–Kier alpha value is -3.08. The minimum Gasteiger partial charge on any atom is -0.493 e. The Morgan fingerprint density at radius 3 is 2.39 bits per heavy atom. The molecule has 4 atom stereocenters. The highest BCUT2D eigenvalue weighted by molar-refractivity contribution is 5.89. The van der Waals surface area contributed by atoms with Gasteiger partial charge < -0.3 is 14.2 Å². The van der Waals surface area contributed by atoms with E-state index in [1.54, 1.807) is 31.2 Å². The summed E-state index contributed by atoms with van der Waals surface area (Å²) in [6.07, 6.45) is 0.0691. The maximum absolute atomic E-state index is 10.2. The quantitative estimate of drug-likeness (QED) is 0.830. The minimum absolute atomic E-state index is 0.379. The van der Waals surface area contributed by atoms with Crippen molar-refractivity contribution < 1.29 is 14.2 Å². The van der Waals surface area contributed by atoms with Gasteiger partial charge in [0.05, 0.1) is 30.7 Å². The first-order valence-corrected chi connectivity index (χ1v) is 9.32. The Bertz CT molecular complexity index is 911. The van der Waals surface area contributed by atoms with Gasteiger partial charge in [0.25, 0.3) is 0 Å². The van der Waals surface area contributed by atoms with Crippen molar-refractivity contribution >= 4 is 5.90 Å². The summed E-state index contributed by atoms with van der Waals surface area (Å²) >= 11 is 0. The average Bonchev–Trinajstić information content (AvgIpc) is 2.86. The Morgan fingerprint density at radius 1 is 1.14 bits per heavy atom. The van der Waals surface area contributed by atoms with Crippen molar-refractivity contribution in [3.8, 4) is 24.0 Å². The van der Waals surface area contributed by atoms with Crippen LogP contribution in [0.2, 0.25) is 0 Å². The van der Waals surface area contributed by atoms with Crippen LogP contribution in [-0.4, -0.2) is 18.3 Å². The summed E-state index contributed by atoms with van der Waals surface area (Å²) in [5.41, 5.74) is -3.20. The maximum atomic E-state index is 10.2. The number of fused-ring (bicyclic) bond motifs is 2. The Labute approximate surface area is 164 Å². The van der Waals surface area contributed by atoms with Gasteiger partial charge in [0.1, 0.15) is 11.9 Å². The first-order chi connectivity index (χ1) is 13.4. The van der Waals surface area contributed by atoms with E-state index in [1.807, 2.05) is 13.8 Å². The molecule has 2 fully saturated rings. The molecule has 2 bridgehead atoms. The maximum Gasteiger partial charge on any atom is 0.214 e. The summed E-state index contributed by atoms with van der Waals surface area (Å²) in [6.45, 7) is 5.84. The van der Waals surface area contributed by atoms with E-state index in [0.717, 1.165) is 0 Å². The third-order valence-corrected chi connectivity index (χ3v) is 5.79. The van der Waals surface area contributed by atoms with Gasteiger partial charge in [-0.1, -0.05) is 31.5 Å². The van der Waals surface area contributed by atoms with Crippen molar-refractivity contribution in [2.45, 2.75) is 45.5 Å². The highest BCUT2D eigenvalue weighted by Gasteiger charge is 2.79. The molecule has 1 aromatic carbocycles. The second-order valence-electron chi connectivity index (χ2n) is 7.21. The molecule has 28 heavy (non-hydrogen) atoms. The second-order valence-corrected chi connectivity index (χ2v) is 7.21. The number of nitriles is 3. The average molecular weight is 378 g/mol. The smallest absolute Gasteiger partial charge is 0.214 e. The van der Waals surface area contributed by atoms with Crippen LogP contribution in [0.4, 0.5) is 0 Å². The third kappa shape index (κ3) is 2.25. The predicted molar refractivity (Wildman–Crippen MR) is 98.8 cm³/mol. The van der Waals surface area contributed by atoms with Crippen molar-refractivity contribution in [2.75, 3.05) is 6.61 Å². The molecule has 0 amide bonds. The lowest BCUT2D eigenvalue weighted by atomic mass is 9.53. The summed E-state index contributed by atoms with van der Waals surface area (Å²) in [4.78, 5) is 0. The molecule has 7 heteroatoms. The molecule has 2 saturated heterocycles. The molecule has 144 valence electrons. The zero-order valence-corrected chi connectivity index (χ0v) is 16.2. The zero-order chi connectivity index (χ0) is 20.6. The fourth-order valence-corrected chi connectivity index (χ4v) is 4.58. The van der Waals surface area contributed by atoms with Crippen LogP contribution in [0.3, 0.4) is 0 Å². The molecule has 1 aromatic rings. The first-order valence-electron chi connectivity index (χ1n) is 9.32. The molecular weight excluding hydrogens is 356 g/mol. The zero-order valence-electron chi connectivity index (χ0n) is 16.2. The van der Waals surface area contributed by atoms with E-state index in [-0.39, 0.29) is 5.90 Å². The van der Waals surface area contributed by atoms with E-state index in [1.165, 1.54) is 0 Å². The van der Waals surface area contributed by atoms with Crippen LogP contribution in [-0.2, 0) is 9.47 Å². The van der Waals surface area contributed by atoms with E-state index < -0.39 is 28.6 Å². The number of benzene rings is 1. The number of para-hydroxylation sites is 1. The Kier molecular flexibility index (Phi) is 4.79. The van der Waals surface area contributed by atoms with Crippen molar-refractivity contribution in [3.63, 3.8) is 0 Å². The van der Waals surface area contributed by atoms with Gasteiger partial charge in [-0.05, 0) is 19.4 Å². The summed E-state index contributed by atoms with van der Waals surface area (Å²) in [7, 11) is 0. The molecule has 2 aliphatic rings. The minimum atomic E-state index is -1.96. The van der Waals surface area contributed by atoms with Crippen molar-refractivity contribution in [1.82, 2.24) is 0 Å². The van der Waals surface area contributed by atoms with Crippen molar-refractivity contribution in [2.24, 2.45) is 16.7 Å². The van der Waals surface area contributed by atoms with Gasteiger partial charge in [-0.25, -0.2) is 0 Å². The predicted octanol–water partition coefficient (Wildman–Crippen LogP) is 3.84. The van der Waals surface area contributed by atoms with E-state index in [0.29, 0.717) is 30.8 Å². The second kappa shape index (κ2) is 6.82. The third-order valence-electron chi connectivity index (χ3n) is 5.79. The van der Waals surface area contributed by atoms with Gasteiger partial charge >= 0.3 is 0 Å². The van der Waals surface area contributed by atoms with Gasteiger partial charge in [0.2, 0.25) is 17.1 Å². The lowest BCUT2D eigenvalue weighted by Gasteiger charge is -2.49. The Morgan fingerprint density at radius 2 is 1.82 bits per heavy atom. The fourth-order valence-electron chi connectivity index (χ4n) is 4.58. The summed E-state index contributed by atoms with van der Waals surface area (Å²) in [5.74, 6) is -1.81. The van der Waals surface area contributed by atoms with Gasteiger partial charge in [-0.3, -0.25) is 5.41 Å². The van der Waals surface area contributed by atoms with Crippen LogP contribution >= 0.6 is 0 Å². The molecule has 0 aromatic heterocycles. The van der Waals surface area contributed by atoms with Crippen LogP contribution < -0.4 is 4.74 Å². The molecular formula is C21H22N4O3. The van der Waals surface area contributed by atoms with Crippen LogP contribution in [0.15, 0.2) is 24.3 Å². The van der Waals surface area contributed by atoms with E-state index in [2.05, 4.69) is 18.2 Å². The molecule has 7 nitrogen and oxygen atoms in total. The summed E-state index contributed by atoms with van der Waals surface area (Å²) in [6, 6.07) is 13.3. The molecule has 1 N–H and O–H groups in total. The number of nitrogens with zero attached hydrogens (tertiary/aromatic N) is 3. The number of nitrogens with one attached hydrogen (secondary N) is 1. The van der Waals surface area contributed by atoms with Crippen molar-refractivity contribution in [1.29, 1.82) is 21.2 Å². The van der Waals surface area contributed by atoms with Gasteiger partial charge in [-0.2, -0.15) is 15.8 Å². The number of hydrogen-bond acceptors (Lipinski definition) is 7. The fraction of sp³-hybridized carbons (Fsp3) is 0.524. The van der Waals surface area contributed by atoms with E-state index >= 15 is 0 Å². The highest BCUT2D eigenvalue weighted by atomic mass is 16.7. The van der Waals surface area contributed by atoms with Crippen LogP contribution in [0.5, 0.6) is 5.75 Å². The molecule has 2 aliphatic heterocycles. The standard InChI is InChI=1S/C21H22N4O3/c1-4-8-16-19(3)27-17(14-9-6-7-10-15(14)26-5-2)20(11-22,12-23)21(16,13-24)18(25)28-19/h6-7,9-10,16-17,25H,4-5,8H2,1-3H3. The summed E-state index contributed by atoms with van der Waals surface area (Å²) < 4.78 is 17.7. The van der Waals surface area contributed by atoms with E-state index in [9.17, 15) is 15.8 Å². The molecule has 2 heterocycles. The van der Waals surface area contributed by atoms with E-state index in [4.69, 9.17) is 19.6 Å². The van der Waals surface area contributed by atoms with Crippen LogP contribution in [0, 0.1) is 56.2 Å². The molecule has 0 radical (unpaired) electrons. The largest absolute Gasteiger partial charge is 0.493 e. The molecule has 3 rings (SSSR count). The monoisotopic (exact) mass is 378 g/mol. The molecule has 0 spiro atoms. The number of ether oxygens (including phenoxy) is 3. The first kappa shape index (κ1) is 19.7. The lowest BCUT2D eigenvalue weighted by molar-refractivity contribution is -0.274. The molecule has 0 saturated carbocycles. The van der Waals surface area contributed by atoms with Crippen LogP contribution in [0.1, 0.15) is 45.3 Å². The molecule has 4 unspecified atom stereocenters. The van der Waals surface area contributed by atoms with Crippen LogP contribution in [0.25, 0.3) is 0 Å². The lowest BCUT2D eigenvalue weighted by Crippen LogP contribution is -2.58. The van der Waals surface area contributed by atoms with Gasteiger partial charge in [0.15, 0.2) is 5.41 Å². The topological polar surface area (TPSA) is 123 Å². The SMILES string of the molecule is CCCC1C2(C)OC(=N)C1(C#N)C(C#N)(C#N)C(c1ccccc1OCC)O2. The normalized spacial score (nSPS) is 32.5. The molecule has 0 aliphatic carbocycles. The Balaban J connectivity index is 2.32. The number of hydrogen-bond donors (Lipinski definition) is 1.